The van der Waals surface area contributed by atoms with Crippen LogP contribution in [0.5, 0.6) is 5.75 Å². The Hall–Kier alpha value is -1.92. The van der Waals surface area contributed by atoms with E-state index in [1.54, 1.807) is 30.3 Å². The molecule has 0 heterocycles. The second-order valence-electron chi connectivity index (χ2n) is 4.04. The number of halogens is 1. The fourth-order valence-electron chi connectivity index (χ4n) is 2.07. The first kappa shape index (κ1) is 14.5. The molecule has 0 bridgehead atoms. The minimum absolute atomic E-state index is 0.0430. The zero-order chi connectivity index (χ0) is 14.7. The molecule has 2 aromatic carbocycles. The van der Waals surface area contributed by atoms with Crippen molar-refractivity contribution in [3.63, 3.8) is 0 Å². The van der Waals surface area contributed by atoms with Gasteiger partial charge in [0, 0.05) is 16.1 Å². The van der Waals surface area contributed by atoms with Gasteiger partial charge in [0.2, 0.25) is 0 Å². The summed E-state index contributed by atoms with van der Waals surface area (Å²) < 4.78 is 5.85. The third-order valence-electron chi connectivity index (χ3n) is 2.94. The van der Waals surface area contributed by atoms with Crippen LogP contribution in [0, 0.1) is 10.1 Å². The summed E-state index contributed by atoms with van der Waals surface area (Å²) in [7, 11) is 1.49. The van der Waals surface area contributed by atoms with Gasteiger partial charge in [-0.15, -0.1) is 0 Å². The molecule has 20 heavy (non-hydrogen) atoms. The first-order valence-corrected chi connectivity index (χ1v) is 6.59. The summed E-state index contributed by atoms with van der Waals surface area (Å²) in [5.74, 6) is 0.478. The summed E-state index contributed by atoms with van der Waals surface area (Å²) in [5.41, 5.74) is 1.45. The lowest BCUT2D eigenvalue weighted by atomic mass is 9.97. The van der Waals surface area contributed by atoms with Gasteiger partial charge in [0.1, 0.15) is 5.75 Å². The van der Waals surface area contributed by atoms with Crippen LogP contribution in [0.1, 0.15) is 5.56 Å². The molecule has 0 radical (unpaired) electrons. The molecule has 0 saturated heterocycles. The van der Waals surface area contributed by atoms with Crippen molar-refractivity contribution >= 4 is 21.6 Å². The molecule has 0 fully saturated rings. The largest absolute Gasteiger partial charge is 0.496 e. The molecule has 6 heteroatoms. The maximum absolute atomic E-state index is 11.2. The van der Waals surface area contributed by atoms with Crippen molar-refractivity contribution in [3.8, 4) is 16.9 Å². The van der Waals surface area contributed by atoms with Crippen LogP contribution >= 0.6 is 15.9 Å². The van der Waals surface area contributed by atoms with Gasteiger partial charge in [0.25, 0.3) is 5.69 Å². The molecule has 2 rings (SSSR count). The number of benzene rings is 2. The Morgan fingerprint density at radius 3 is 2.55 bits per heavy atom. The molecule has 0 amide bonds. The van der Waals surface area contributed by atoms with Crippen LogP contribution in [0.25, 0.3) is 11.1 Å². The van der Waals surface area contributed by atoms with Crippen LogP contribution in [0.4, 0.5) is 5.69 Å². The van der Waals surface area contributed by atoms with Gasteiger partial charge in [-0.05, 0) is 33.6 Å². The Balaban J connectivity index is 2.84. The molecule has 0 unspecified atom stereocenters. The number of aliphatic hydroxyl groups excluding tert-OH is 1. The molecule has 0 aromatic heterocycles. The van der Waals surface area contributed by atoms with Crippen LogP contribution in [-0.2, 0) is 6.61 Å². The zero-order valence-electron chi connectivity index (χ0n) is 10.7. The van der Waals surface area contributed by atoms with E-state index in [-0.39, 0.29) is 12.3 Å². The number of nitrogens with zero attached hydrogens (tertiary/aromatic N) is 1. The molecule has 2 aromatic rings. The molecule has 0 aliphatic rings. The van der Waals surface area contributed by atoms with Crippen molar-refractivity contribution in [1.29, 1.82) is 0 Å². The van der Waals surface area contributed by atoms with Crippen LogP contribution in [0.3, 0.4) is 0 Å². The molecule has 0 spiro atoms. The number of hydrogen-bond donors (Lipinski definition) is 1. The highest BCUT2D eigenvalue weighted by Gasteiger charge is 2.23. The maximum Gasteiger partial charge on any atom is 0.278 e. The number of methoxy groups -OCH3 is 1. The number of ether oxygens (including phenoxy) is 1. The van der Waals surface area contributed by atoms with E-state index in [2.05, 4.69) is 15.9 Å². The van der Waals surface area contributed by atoms with E-state index in [9.17, 15) is 15.2 Å². The van der Waals surface area contributed by atoms with Crippen molar-refractivity contribution in [2.75, 3.05) is 7.11 Å². The quantitative estimate of drug-likeness (QED) is 0.684. The number of hydrogen-bond acceptors (Lipinski definition) is 4. The highest BCUT2D eigenvalue weighted by Crippen LogP contribution is 2.43. The second-order valence-corrected chi connectivity index (χ2v) is 4.90. The third kappa shape index (κ3) is 2.52. The molecule has 1 N–H and O–H groups in total. The summed E-state index contributed by atoms with van der Waals surface area (Å²) in [6.07, 6.45) is 0. The Morgan fingerprint density at radius 2 is 1.95 bits per heavy atom. The highest BCUT2D eigenvalue weighted by molar-refractivity contribution is 9.10. The van der Waals surface area contributed by atoms with Crippen molar-refractivity contribution in [1.82, 2.24) is 0 Å². The van der Waals surface area contributed by atoms with Crippen molar-refractivity contribution in [2.45, 2.75) is 6.61 Å². The Labute approximate surface area is 124 Å². The van der Waals surface area contributed by atoms with Gasteiger partial charge in [0.05, 0.1) is 24.2 Å². The average Bonchev–Trinajstić information content (AvgIpc) is 2.46. The van der Waals surface area contributed by atoms with Crippen LogP contribution in [0.2, 0.25) is 0 Å². The lowest BCUT2D eigenvalue weighted by Gasteiger charge is -2.14. The van der Waals surface area contributed by atoms with Crippen LogP contribution < -0.4 is 4.74 Å². The Bertz CT molecular complexity index is 635. The minimum atomic E-state index is -0.451. The lowest BCUT2D eigenvalue weighted by Crippen LogP contribution is -1.99. The smallest absolute Gasteiger partial charge is 0.278 e. The molecular formula is C14H12BrNO4. The number of nitro benzene ring substituents is 1. The van der Waals surface area contributed by atoms with E-state index in [1.165, 1.54) is 13.2 Å². The summed E-state index contributed by atoms with van der Waals surface area (Å²) in [6, 6.07) is 9.89. The van der Waals surface area contributed by atoms with Gasteiger partial charge in [-0.3, -0.25) is 10.1 Å². The van der Waals surface area contributed by atoms with Gasteiger partial charge in [-0.2, -0.15) is 0 Å². The second kappa shape index (κ2) is 6.02. The number of nitro groups is 1. The standard InChI is InChI=1S/C14H12BrNO4/c1-20-12-7-2-4-9(8-17)13(12)14-10(15)5-3-6-11(14)16(18)19/h2-7,17H,8H2,1H3. The Morgan fingerprint density at radius 1 is 1.25 bits per heavy atom. The molecule has 0 atom stereocenters. The van der Waals surface area contributed by atoms with Crippen molar-refractivity contribution < 1.29 is 14.8 Å². The van der Waals surface area contributed by atoms with Crippen LogP contribution in [0.15, 0.2) is 40.9 Å². The minimum Gasteiger partial charge on any atom is -0.496 e. The Kier molecular flexibility index (Phi) is 4.36. The van der Waals surface area contributed by atoms with Crippen molar-refractivity contribution in [3.05, 3.63) is 56.5 Å². The fraction of sp³-hybridized carbons (Fsp3) is 0.143. The lowest BCUT2D eigenvalue weighted by molar-refractivity contribution is -0.384. The van der Waals surface area contributed by atoms with E-state index >= 15 is 0 Å². The van der Waals surface area contributed by atoms with E-state index in [0.29, 0.717) is 26.9 Å². The van der Waals surface area contributed by atoms with Gasteiger partial charge in [0.15, 0.2) is 0 Å². The summed E-state index contributed by atoms with van der Waals surface area (Å²) in [6.45, 7) is -0.231. The predicted molar refractivity (Wildman–Crippen MR) is 78.7 cm³/mol. The maximum atomic E-state index is 11.2. The average molecular weight is 338 g/mol. The molecule has 0 aliphatic carbocycles. The number of aliphatic hydroxyl groups is 1. The van der Waals surface area contributed by atoms with E-state index in [0.717, 1.165) is 0 Å². The monoisotopic (exact) mass is 337 g/mol. The van der Waals surface area contributed by atoms with Gasteiger partial charge < -0.3 is 9.84 Å². The van der Waals surface area contributed by atoms with E-state index in [1.807, 2.05) is 0 Å². The first-order chi connectivity index (χ1) is 9.60. The van der Waals surface area contributed by atoms with E-state index in [4.69, 9.17) is 4.74 Å². The summed E-state index contributed by atoms with van der Waals surface area (Å²) in [4.78, 5) is 10.8. The summed E-state index contributed by atoms with van der Waals surface area (Å²) in [5, 5.41) is 20.7. The third-order valence-corrected chi connectivity index (χ3v) is 3.60. The fourth-order valence-corrected chi connectivity index (χ4v) is 2.63. The predicted octanol–water partition coefficient (Wildman–Crippen LogP) is 3.53. The SMILES string of the molecule is COc1cccc(CO)c1-c1c(Br)cccc1[N+](=O)[O-]. The molecule has 0 saturated carbocycles. The van der Waals surface area contributed by atoms with Gasteiger partial charge in [-0.1, -0.05) is 18.2 Å². The van der Waals surface area contributed by atoms with Gasteiger partial charge in [-0.25, -0.2) is 0 Å². The zero-order valence-corrected chi connectivity index (χ0v) is 12.3. The first-order valence-electron chi connectivity index (χ1n) is 5.80. The van der Waals surface area contributed by atoms with E-state index < -0.39 is 4.92 Å². The molecular weight excluding hydrogens is 326 g/mol. The topological polar surface area (TPSA) is 72.6 Å². The van der Waals surface area contributed by atoms with Gasteiger partial charge >= 0.3 is 0 Å². The normalized spacial score (nSPS) is 10.3. The molecule has 5 nitrogen and oxygen atoms in total. The highest BCUT2D eigenvalue weighted by atomic mass is 79.9. The molecule has 0 aliphatic heterocycles. The molecule has 104 valence electrons. The summed E-state index contributed by atoms with van der Waals surface area (Å²) >= 11 is 3.34. The van der Waals surface area contributed by atoms with Crippen molar-refractivity contribution in [2.24, 2.45) is 0 Å². The van der Waals surface area contributed by atoms with Crippen LogP contribution in [-0.4, -0.2) is 17.1 Å². The number of rotatable bonds is 4.